The van der Waals surface area contributed by atoms with Crippen molar-refractivity contribution in [3.63, 3.8) is 0 Å². The number of hydrogen-bond donors (Lipinski definition) is 2. The van der Waals surface area contributed by atoms with Crippen LogP contribution >= 0.6 is 15.9 Å². The highest BCUT2D eigenvalue weighted by atomic mass is 79.9. The van der Waals surface area contributed by atoms with Crippen LogP contribution in [0.4, 0.5) is 11.4 Å². The van der Waals surface area contributed by atoms with Crippen molar-refractivity contribution >= 4 is 27.3 Å². The van der Waals surface area contributed by atoms with Gasteiger partial charge in [0.2, 0.25) is 0 Å². The van der Waals surface area contributed by atoms with E-state index < -0.39 is 0 Å². The Labute approximate surface area is 99.4 Å². The second kappa shape index (κ2) is 4.05. The van der Waals surface area contributed by atoms with Gasteiger partial charge >= 0.3 is 0 Å². The summed E-state index contributed by atoms with van der Waals surface area (Å²) in [4.78, 5) is 0. The summed E-state index contributed by atoms with van der Waals surface area (Å²) in [6.07, 6.45) is 3.96. The largest absolute Gasteiger partial charge is 0.397 e. The molecule has 2 rings (SSSR count). The summed E-state index contributed by atoms with van der Waals surface area (Å²) in [6.45, 7) is 3.31. The van der Waals surface area contributed by atoms with Crippen LogP contribution in [0.5, 0.6) is 0 Å². The van der Waals surface area contributed by atoms with Crippen molar-refractivity contribution < 1.29 is 0 Å². The van der Waals surface area contributed by atoms with Gasteiger partial charge in [-0.05, 0) is 42.9 Å². The molecule has 0 heterocycles. The molecule has 0 radical (unpaired) electrons. The predicted octanol–water partition coefficient (Wildman–Crippen LogP) is 3.63. The summed E-state index contributed by atoms with van der Waals surface area (Å²) in [5.41, 5.74) is 8.32. The number of hydrogen-bond acceptors (Lipinski definition) is 2. The minimum Gasteiger partial charge on any atom is -0.397 e. The number of nitrogens with one attached hydrogen (secondary N) is 1. The van der Waals surface area contributed by atoms with Gasteiger partial charge < -0.3 is 11.1 Å². The van der Waals surface area contributed by atoms with Crippen LogP contribution in [-0.4, -0.2) is 6.54 Å². The van der Waals surface area contributed by atoms with Gasteiger partial charge in [-0.1, -0.05) is 22.9 Å². The summed E-state index contributed by atoms with van der Waals surface area (Å²) in [7, 11) is 0. The third kappa shape index (κ3) is 2.46. The number of anilines is 2. The van der Waals surface area contributed by atoms with E-state index >= 15 is 0 Å². The van der Waals surface area contributed by atoms with E-state index in [1.54, 1.807) is 0 Å². The Balaban J connectivity index is 2.01. The molecule has 0 atom stereocenters. The molecule has 0 amide bonds. The highest BCUT2D eigenvalue weighted by Crippen LogP contribution is 2.48. The Kier molecular flexibility index (Phi) is 2.91. The van der Waals surface area contributed by atoms with E-state index in [-0.39, 0.29) is 0 Å². The summed E-state index contributed by atoms with van der Waals surface area (Å²) in [6, 6.07) is 5.94. The first-order valence-electron chi connectivity index (χ1n) is 5.44. The summed E-state index contributed by atoms with van der Waals surface area (Å²) < 4.78 is 1.07. The first-order chi connectivity index (χ1) is 7.15. The molecule has 0 aromatic heterocycles. The third-order valence-electron chi connectivity index (χ3n) is 3.38. The number of halogens is 1. The Morgan fingerprint density at radius 2 is 2.20 bits per heavy atom. The molecule has 1 saturated carbocycles. The lowest BCUT2D eigenvalue weighted by Crippen LogP contribution is -2.15. The van der Waals surface area contributed by atoms with Crippen LogP contribution in [0.25, 0.3) is 0 Å². The van der Waals surface area contributed by atoms with Gasteiger partial charge in [0.25, 0.3) is 0 Å². The zero-order chi connectivity index (χ0) is 10.9. The van der Waals surface area contributed by atoms with E-state index in [0.717, 1.165) is 22.4 Å². The van der Waals surface area contributed by atoms with Gasteiger partial charge in [-0.25, -0.2) is 0 Å². The normalized spacial score (nSPS) is 17.5. The minimum atomic E-state index is 0.550. The number of rotatable bonds is 4. The molecule has 1 aliphatic carbocycles. The van der Waals surface area contributed by atoms with Crippen molar-refractivity contribution in [1.82, 2.24) is 0 Å². The fourth-order valence-electron chi connectivity index (χ4n) is 1.80. The highest BCUT2D eigenvalue weighted by Gasteiger charge is 2.40. The lowest BCUT2D eigenvalue weighted by Gasteiger charge is -2.16. The molecule has 82 valence electrons. The van der Waals surface area contributed by atoms with Gasteiger partial charge in [0.1, 0.15) is 0 Å². The Morgan fingerprint density at radius 1 is 1.47 bits per heavy atom. The van der Waals surface area contributed by atoms with Crippen LogP contribution in [-0.2, 0) is 0 Å². The third-order valence-corrected chi connectivity index (χ3v) is 3.87. The van der Waals surface area contributed by atoms with Crippen LogP contribution in [0.3, 0.4) is 0 Å². The SMILES string of the molecule is CCC1(CNc2cc(Br)ccc2N)CC1. The first kappa shape index (κ1) is 10.8. The summed E-state index contributed by atoms with van der Waals surface area (Å²) in [5, 5.41) is 3.45. The maximum Gasteiger partial charge on any atom is 0.0585 e. The molecule has 0 spiro atoms. The summed E-state index contributed by atoms with van der Waals surface area (Å²) in [5.74, 6) is 0. The molecule has 0 unspecified atom stereocenters. The Bertz CT molecular complexity index is 359. The summed E-state index contributed by atoms with van der Waals surface area (Å²) >= 11 is 3.45. The van der Waals surface area contributed by atoms with Gasteiger partial charge in [0.05, 0.1) is 11.4 Å². The van der Waals surface area contributed by atoms with E-state index in [2.05, 4.69) is 28.2 Å². The monoisotopic (exact) mass is 268 g/mol. The molecule has 1 aromatic carbocycles. The number of nitrogens with two attached hydrogens (primary N) is 1. The van der Waals surface area contributed by atoms with Gasteiger partial charge in [0.15, 0.2) is 0 Å². The Hall–Kier alpha value is -0.700. The molecule has 15 heavy (non-hydrogen) atoms. The van der Waals surface area contributed by atoms with Crippen LogP contribution in [0.15, 0.2) is 22.7 Å². The molecule has 0 bridgehead atoms. The number of benzene rings is 1. The smallest absolute Gasteiger partial charge is 0.0585 e. The van der Waals surface area contributed by atoms with E-state index in [9.17, 15) is 0 Å². The number of nitrogen functional groups attached to an aromatic ring is 1. The second-order valence-corrected chi connectivity index (χ2v) is 5.35. The molecular weight excluding hydrogens is 252 g/mol. The van der Waals surface area contributed by atoms with Crippen molar-refractivity contribution in [1.29, 1.82) is 0 Å². The lowest BCUT2D eigenvalue weighted by molar-refractivity contribution is 0.521. The average Bonchev–Trinajstić information content (AvgIpc) is 3.00. The maximum absolute atomic E-state index is 5.90. The lowest BCUT2D eigenvalue weighted by atomic mass is 10.0. The predicted molar refractivity (Wildman–Crippen MR) is 69.0 cm³/mol. The molecule has 3 N–H and O–H groups in total. The van der Waals surface area contributed by atoms with Crippen LogP contribution in [0, 0.1) is 5.41 Å². The van der Waals surface area contributed by atoms with Crippen LogP contribution < -0.4 is 11.1 Å². The van der Waals surface area contributed by atoms with Gasteiger partial charge in [-0.3, -0.25) is 0 Å². The van der Waals surface area contributed by atoms with Gasteiger partial charge in [-0.15, -0.1) is 0 Å². The van der Waals surface area contributed by atoms with E-state index in [0.29, 0.717) is 5.41 Å². The minimum absolute atomic E-state index is 0.550. The average molecular weight is 269 g/mol. The molecule has 2 nitrogen and oxygen atoms in total. The van der Waals surface area contributed by atoms with Crippen molar-refractivity contribution in [2.45, 2.75) is 26.2 Å². The van der Waals surface area contributed by atoms with Crippen molar-refractivity contribution in [2.24, 2.45) is 5.41 Å². The van der Waals surface area contributed by atoms with Crippen molar-refractivity contribution in [2.75, 3.05) is 17.6 Å². The van der Waals surface area contributed by atoms with Crippen LogP contribution in [0.1, 0.15) is 26.2 Å². The molecule has 1 fully saturated rings. The van der Waals surface area contributed by atoms with Crippen molar-refractivity contribution in [3.8, 4) is 0 Å². The molecular formula is C12H17BrN2. The van der Waals surface area contributed by atoms with Crippen molar-refractivity contribution in [3.05, 3.63) is 22.7 Å². The standard InChI is InChI=1S/C12H17BrN2/c1-2-12(5-6-12)8-15-11-7-9(13)3-4-10(11)14/h3-4,7,15H,2,5-6,8,14H2,1H3. The molecule has 0 aliphatic heterocycles. The second-order valence-electron chi connectivity index (χ2n) is 4.44. The van der Waals surface area contributed by atoms with Gasteiger partial charge in [-0.2, -0.15) is 0 Å². The Morgan fingerprint density at radius 3 is 2.80 bits per heavy atom. The first-order valence-corrected chi connectivity index (χ1v) is 6.23. The quantitative estimate of drug-likeness (QED) is 0.819. The molecule has 1 aliphatic rings. The van der Waals surface area contributed by atoms with E-state index in [1.165, 1.54) is 19.3 Å². The maximum atomic E-state index is 5.90. The van der Waals surface area contributed by atoms with E-state index in [4.69, 9.17) is 5.73 Å². The van der Waals surface area contributed by atoms with Gasteiger partial charge in [0, 0.05) is 11.0 Å². The molecule has 1 aromatic rings. The highest BCUT2D eigenvalue weighted by molar-refractivity contribution is 9.10. The molecule has 3 heteroatoms. The molecule has 0 saturated heterocycles. The fraction of sp³-hybridized carbons (Fsp3) is 0.500. The van der Waals surface area contributed by atoms with Crippen LogP contribution in [0.2, 0.25) is 0 Å². The zero-order valence-corrected chi connectivity index (χ0v) is 10.6. The topological polar surface area (TPSA) is 38.0 Å². The van der Waals surface area contributed by atoms with E-state index in [1.807, 2.05) is 18.2 Å². The zero-order valence-electron chi connectivity index (χ0n) is 9.02. The fourth-order valence-corrected chi connectivity index (χ4v) is 2.16.